The average molecular weight is 234 g/mol. The molecular weight excluding hydrogens is 212 g/mol. The molecule has 1 aromatic carbocycles. The van der Waals surface area contributed by atoms with Gasteiger partial charge in [-0.2, -0.15) is 0 Å². The molecule has 1 aromatic rings. The highest BCUT2D eigenvalue weighted by Crippen LogP contribution is 2.17. The van der Waals surface area contributed by atoms with Gasteiger partial charge in [0, 0.05) is 8.07 Å². The zero-order valence-corrected chi connectivity index (χ0v) is 11.5. The molecule has 0 spiro atoms. The maximum absolute atomic E-state index is 9.91. The van der Waals surface area contributed by atoms with Crippen LogP contribution in [0, 0.1) is 0 Å². The second kappa shape index (κ2) is 6.02. The summed E-state index contributed by atoms with van der Waals surface area (Å²) in [6, 6.07) is 11.0. The molecule has 1 rings (SSSR count). The summed E-state index contributed by atoms with van der Waals surface area (Å²) in [5.74, 6) is 0. The number of hydrogen-bond donors (Lipinski definition) is 1. The van der Waals surface area contributed by atoms with Crippen LogP contribution in [-0.2, 0) is 0 Å². The Bertz CT molecular complexity index is 324. The summed E-state index contributed by atoms with van der Waals surface area (Å²) >= 11 is 0. The van der Waals surface area contributed by atoms with Crippen LogP contribution in [0.2, 0.25) is 25.7 Å². The minimum absolute atomic E-state index is 0.362. The molecule has 16 heavy (non-hydrogen) atoms. The molecule has 1 atom stereocenters. The van der Waals surface area contributed by atoms with Crippen LogP contribution < -0.4 is 0 Å². The zero-order valence-electron chi connectivity index (χ0n) is 10.5. The number of rotatable bonds is 5. The summed E-state index contributed by atoms with van der Waals surface area (Å²) in [6.45, 7) is 7.06. The quantitative estimate of drug-likeness (QED) is 0.603. The fourth-order valence-corrected chi connectivity index (χ4v) is 2.35. The van der Waals surface area contributed by atoms with Crippen molar-refractivity contribution in [2.24, 2.45) is 0 Å². The molecule has 0 aromatic heterocycles. The van der Waals surface area contributed by atoms with Gasteiger partial charge in [-0.05, 0) is 18.0 Å². The van der Waals surface area contributed by atoms with E-state index < -0.39 is 8.07 Å². The van der Waals surface area contributed by atoms with Gasteiger partial charge in [0.25, 0.3) is 0 Å². The van der Waals surface area contributed by atoms with Gasteiger partial charge in [-0.1, -0.05) is 62.1 Å². The van der Waals surface area contributed by atoms with E-state index in [4.69, 9.17) is 0 Å². The molecule has 0 radical (unpaired) electrons. The van der Waals surface area contributed by atoms with Crippen LogP contribution in [0.25, 0.3) is 0 Å². The predicted octanol–water partition coefficient (Wildman–Crippen LogP) is 4.00. The van der Waals surface area contributed by atoms with Crippen molar-refractivity contribution in [3.63, 3.8) is 0 Å². The molecule has 1 N–H and O–H groups in total. The number of aliphatic hydroxyl groups is 1. The molecule has 0 aliphatic carbocycles. The molecule has 0 bridgehead atoms. The average Bonchev–Trinajstić information content (AvgIpc) is 2.24. The topological polar surface area (TPSA) is 20.2 Å². The molecule has 0 amide bonds. The maximum Gasteiger partial charge on any atom is 0.0824 e. The van der Waals surface area contributed by atoms with Gasteiger partial charge in [-0.15, -0.1) is 0 Å². The van der Waals surface area contributed by atoms with Gasteiger partial charge in [0.2, 0.25) is 0 Å². The summed E-state index contributed by atoms with van der Waals surface area (Å²) in [7, 11) is -0.977. The Hall–Kier alpha value is -0.863. The molecule has 0 aliphatic heterocycles. The summed E-state index contributed by atoms with van der Waals surface area (Å²) < 4.78 is 0. The van der Waals surface area contributed by atoms with Crippen LogP contribution in [-0.4, -0.2) is 13.2 Å². The van der Waals surface area contributed by atoms with E-state index >= 15 is 0 Å². The van der Waals surface area contributed by atoms with Crippen LogP contribution >= 0.6 is 0 Å². The number of aliphatic hydroxyl groups excluding tert-OH is 1. The van der Waals surface area contributed by atoms with E-state index in [1.807, 2.05) is 30.3 Å². The third-order valence-electron chi connectivity index (χ3n) is 2.44. The van der Waals surface area contributed by atoms with Crippen molar-refractivity contribution in [1.82, 2.24) is 0 Å². The maximum atomic E-state index is 9.91. The highest BCUT2D eigenvalue weighted by Gasteiger charge is 2.09. The molecule has 2 heteroatoms. The third kappa shape index (κ3) is 5.28. The first kappa shape index (κ1) is 13.2. The smallest absolute Gasteiger partial charge is 0.0824 e. The Morgan fingerprint density at radius 3 is 2.31 bits per heavy atom. The number of allylic oxidation sites excluding steroid dienone is 1. The molecule has 1 unspecified atom stereocenters. The fraction of sp³-hybridized carbons (Fsp3) is 0.429. The molecule has 0 heterocycles. The highest BCUT2D eigenvalue weighted by molar-refractivity contribution is 6.76. The predicted molar refractivity (Wildman–Crippen MR) is 73.3 cm³/mol. The van der Waals surface area contributed by atoms with Gasteiger partial charge in [-0.3, -0.25) is 0 Å². The second-order valence-corrected chi connectivity index (χ2v) is 10.9. The lowest BCUT2D eigenvalue weighted by Gasteiger charge is -2.12. The van der Waals surface area contributed by atoms with Gasteiger partial charge in [-0.25, -0.2) is 0 Å². The Balaban J connectivity index is 2.39. The zero-order chi connectivity index (χ0) is 12.0. The molecular formula is C14H22OSi. The lowest BCUT2D eigenvalue weighted by Crippen LogP contribution is -2.17. The first-order valence-corrected chi connectivity index (χ1v) is 9.58. The standard InChI is InChI=1S/C14H22OSi/c1-16(2,3)12-8-7-11-14(15)13-9-5-4-6-10-13/h4-10,14-15H,11-12H2,1-3H3/b8-7-. The van der Waals surface area contributed by atoms with Crippen LogP contribution in [0.5, 0.6) is 0 Å². The molecule has 0 saturated heterocycles. The van der Waals surface area contributed by atoms with Crippen LogP contribution in [0.15, 0.2) is 42.5 Å². The minimum atomic E-state index is -0.977. The van der Waals surface area contributed by atoms with Crippen molar-refractivity contribution < 1.29 is 5.11 Å². The fourth-order valence-electron chi connectivity index (χ4n) is 1.47. The molecule has 1 nitrogen and oxygen atoms in total. The van der Waals surface area contributed by atoms with Crippen molar-refractivity contribution >= 4 is 8.07 Å². The van der Waals surface area contributed by atoms with Crippen molar-refractivity contribution in [3.8, 4) is 0 Å². The van der Waals surface area contributed by atoms with Gasteiger partial charge >= 0.3 is 0 Å². The van der Waals surface area contributed by atoms with E-state index in [1.165, 1.54) is 6.04 Å². The largest absolute Gasteiger partial charge is 0.388 e. The van der Waals surface area contributed by atoms with Crippen molar-refractivity contribution in [2.45, 2.75) is 38.2 Å². The summed E-state index contributed by atoms with van der Waals surface area (Å²) in [4.78, 5) is 0. The Morgan fingerprint density at radius 1 is 1.12 bits per heavy atom. The Labute approximate surface area is 99.8 Å². The molecule has 0 aliphatic rings. The van der Waals surface area contributed by atoms with E-state index in [-0.39, 0.29) is 6.10 Å². The summed E-state index contributed by atoms with van der Waals surface area (Å²) in [5, 5.41) is 9.91. The highest BCUT2D eigenvalue weighted by atomic mass is 28.3. The van der Waals surface area contributed by atoms with E-state index in [9.17, 15) is 5.11 Å². The van der Waals surface area contributed by atoms with Gasteiger partial charge in [0.05, 0.1) is 6.10 Å². The molecule has 0 fully saturated rings. The minimum Gasteiger partial charge on any atom is -0.388 e. The van der Waals surface area contributed by atoms with Gasteiger partial charge in [0.1, 0.15) is 0 Å². The van der Waals surface area contributed by atoms with E-state index in [2.05, 4.69) is 31.8 Å². The second-order valence-electron chi connectivity index (χ2n) is 5.40. The lowest BCUT2D eigenvalue weighted by atomic mass is 10.1. The van der Waals surface area contributed by atoms with Crippen molar-refractivity contribution in [1.29, 1.82) is 0 Å². The first-order chi connectivity index (χ1) is 7.49. The van der Waals surface area contributed by atoms with Crippen molar-refractivity contribution in [3.05, 3.63) is 48.0 Å². The van der Waals surface area contributed by atoms with Crippen LogP contribution in [0.4, 0.5) is 0 Å². The van der Waals surface area contributed by atoms with E-state index in [1.54, 1.807) is 0 Å². The van der Waals surface area contributed by atoms with E-state index in [0.717, 1.165) is 5.56 Å². The summed E-state index contributed by atoms with van der Waals surface area (Å²) in [6.07, 6.45) is 4.68. The Morgan fingerprint density at radius 2 is 1.75 bits per heavy atom. The summed E-state index contributed by atoms with van der Waals surface area (Å²) in [5.41, 5.74) is 1.00. The van der Waals surface area contributed by atoms with Crippen molar-refractivity contribution in [2.75, 3.05) is 0 Å². The van der Waals surface area contributed by atoms with Crippen LogP contribution in [0.1, 0.15) is 18.1 Å². The lowest BCUT2D eigenvalue weighted by molar-refractivity contribution is 0.181. The normalized spacial score (nSPS) is 14.2. The van der Waals surface area contributed by atoms with Gasteiger partial charge in [0.15, 0.2) is 0 Å². The van der Waals surface area contributed by atoms with Gasteiger partial charge < -0.3 is 5.11 Å². The molecule has 0 saturated carbocycles. The molecule has 88 valence electrons. The Kier molecular flexibility index (Phi) is 4.96. The SMILES string of the molecule is C[Si](C)(C)C/C=C\CC(O)c1ccccc1. The number of benzene rings is 1. The van der Waals surface area contributed by atoms with Crippen LogP contribution in [0.3, 0.4) is 0 Å². The first-order valence-electron chi connectivity index (χ1n) is 5.87. The number of hydrogen-bond acceptors (Lipinski definition) is 1. The van der Waals surface area contributed by atoms with E-state index in [0.29, 0.717) is 6.42 Å². The monoisotopic (exact) mass is 234 g/mol. The third-order valence-corrected chi connectivity index (χ3v) is 3.90.